The summed E-state index contributed by atoms with van der Waals surface area (Å²) in [4.78, 5) is 17.0. The van der Waals surface area contributed by atoms with Crippen LogP contribution in [0, 0.1) is 12.8 Å². The Morgan fingerprint density at radius 1 is 1.35 bits per heavy atom. The van der Waals surface area contributed by atoms with Gasteiger partial charge in [-0.3, -0.25) is 4.79 Å². The van der Waals surface area contributed by atoms with E-state index in [2.05, 4.69) is 15.5 Å². The summed E-state index contributed by atoms with van der Waals surface area (Å²) in [5.74, 6) is 0.239. The molecule has 8 nitrogen and oxygen atoms in total. The molecule has 1 N–H and O–H groups in total. The summed E-state index contributed by atoms with van der Waals surface area (Å²) in [6, 6.07) is 9.24. The van der Waals surface area contributed by atoms with Gasteiger partial charge in [0, 0.05) is 36.6 Å². The molecule has 10 heteroatoms. The molecular weight excluding hydrogens is 436 g/mol. The summed E-state index contributed by atoms with van der Waals surface area (Å²) in [5.41, 5.74) is 2.44. The maximum Gasteiger partial charge on any atom is 0.252 e. The predicted octanol–water partition coefficient (Wildman–Crippen LogP) is 3.71. The number of para-hydroxylation sites is 1. The van der Waals surface area contributed by atoms with Crippen LogP contribution in [0.4, 0.5) is 5.69 Å². The molecule has 4 rings (SSSR count). The van der Waals surface area contributed by atoms with Gasteiger partial charge in [0.2, 0.25) is 17.6 Å². The average molecular weight is 461 g/mol. The normalized spacial score (nSPS) is 17.5. The Morgan fingerprint density at radius 2 is 2.16 bits per heavy atom. The Bertz CT molecular complexity index is 1190. The van der Waals surface area contributed by atoms with Crippen molar-refractivity contribution < 1.29 is 17.7 Å². The molecule has 164 valence electrons. The number of benzene rings is 1. The number of rotatable bonds is 6. The van der Waals surface area contributed by atoms with Gasteiger partial charge in [-0.05, 0) is 37.0 Å². The summed E-state index contributed by atoms with van der Waals surface area (Å²) in [7, 11) is -3.71. The number of nitrogens with zero attached hydrogens (tertiary/aromatic N) is 3. The minimum atomic E-state index is -3.71. The summed E-state index contributed by atoms with van der Waals surface area (Å²) in [6.45, 7) is 4.27. The highest BCUT2D eigenvalue weighted by Crippen LogP contribution is 2.31. The van der Waals surface area contributed by atoms with E-state index in [0.29, 0.717) is 36.7 Å². The van der Waals surface area contributed by atoms with Crippen molar-refractivity contribution in [2.24, 2.45) is 5.92 Å². The van der Waals surface area contributed by atoms with Crippen molar-refractivity contribution in [3.8, 4) is 11.4 Å². The third kappa shape index (κ3) is 4.56. The lowest BCUT2D eigenvalue weighted by Crippen LogP contribution is -2.43. The first-order valence-corrected chi connectivity index (χ1v) is 12.5. The third-order valence-corrected chi connectivity index (χ3v) is 8.65. The summed E-state index contributed by atoms with van der Waals surface area (Å²) >= 11 is 1.12. The van der Waals surface area contributed by atoms with Crippen molar-refractivity contribution in [3.05, 3.63) is 47.2 Å². The minimum absolute atomic E-state index is 0.144. The van der Waals surface area contributed by atoms with Gasteiger partial charge in [-0.2, -0.15) is 9.29 Å². The van der Waals surface area contributed by atoms with E-state index in [-0.39, 0.29) is 16.7 Å². The first-order chi connectivity index (χ1) is 14.9. The van der Waals surface area contributed by atoms with Crippen molar-refractivity contribution >= 4 is 33.0 Å². The van der Waals surface area contributed by atoms with Crippen LogP contribution in [0.1, 0.15) is 31.2 Å². The maximum absolute atomic E-state index is 13.2. The smallest absolute Gasteiger partial charge is 0.252 e. The van der Waals surface area contributed by atoms with Crippen LogP contribution >= 0.6 is 11.3 Å². The van der Waals surface area contributed by atoms with E-state index < -0.39 is 15.9 Å². The number of anilines is 1. The lowest BCUT2D eigenvalue weighted by Gasteiger charge is -2.31. The molecule has 1 saturated heterocycles. The topological polar surface area (TPSA) is 105 Å². The van der Waals surface area contributed by atoms with Crippen LogP contribution in [0.3, 0.4) is 0 Å². The molecule has 1 aromatic carbocycles. The second-order valence-electron chi connectivity index (χ2n) is 7.49. The number of aromatic nitrogens is 2. The van der Waals surface area contributed by atoms with E-state index in [0.717, 1.165) is 29.0 Å². The molecule has 0 spiro atoms. The third-order valence-electron chi connectivity index (χ3n) is 5.37. The van der Waals surface area contributed by atoms with Crippen molar-refractivity contribution in [1.29, 1.82) is 0 Å². The Labute approximate surface area is 185 Å². The standard InChI is InChI=1S/C21H24N4O4S2/c1-3-15-7-4-5-9-18(15)23-21(26)16-8-6-10-25(12-16)31(27,28)19-11-17(13-30-19)20-22-14(2)29-24-20/h4-5,7,9,11,13,16H,3,6,8,10,12H2,1-2H3,(H,23,26)/t16-/m0/s1. The van der Waals surface area contributed by atoms with Crippen molar-refractivity contribution in [2.75, 3.05) is 18.4 Å². The van der Waals surface area contributed by atoms with Gasteiger partial charge in [0.1, 0.15) is 4.21 Å². The zero-order valence-electron chi connectivity index (χ0n) is 17.4. The lowest BCUT2D eigenvalue weighted by atomic mass is 9.98. The van der Waals surface area contributed by atoms with Crippen molar-refractivity contribution in [1.82, 2.24) is 14.4 Å². The molecule has 0 unspecified atom stereocenters. The first-order valence-electron chi connectivity index (χ1n) is 10.2. The quantitative estimate of drug-likeness (QED) is 0.601. The molecule has 0 radical (unpaired) electrons. The Morgan fingerprint density at radius 3 is 2.90 bits per heavy atom. The van der Waals surface area contributed by atoms with Gasteiger partial charge in [-0.1, -0.05) is 30.3 Å². The Balaban J connectivity index is 1.48. The Hall–Kier alpha value is -2.56. The van der Waals surface area contributed by atoms with Crippen LogP contribution in [-0.2, 0) is 21.2 Å². The van der Waals surface area contributed by atoms with Gasteiger partial charge < -0.3 is 9.84 Å². The summed E-state index contributed by atoms with van der Waals surface area (Å²) in [6.07, 6.45) is 2.10. The first kappa shape index (κ1) is 21.7. The van der Waals surface area contributed by atoms with Gasteiger partial charge in [0.15, 0.2) is 0 Å². The number of nitrogens with one attached hydrogen (secondary N) is 1. The highest BCUT2D eigenvalue weighted by molar-refractivity contribution is 7.91. The molecule has 3 aromatic rings. The molecule has 31 heavy (non-hydrogen) atoms. The lowest BCUT2D eigenvalue weighted by molar-refractivity contribution is -0.120. The van der Waals surface area contributed by atoms with E-state index >= 15 is 0 Å². The number of hydrogen-bond acceptors (Lipinski definition) is 7. The van der Waals surface area contributed by atoms with Gasteiger partial charge in [0.05, 0.1) is 5.92 Å². The fraction of sp³-hybridized carbons (Fsp3) is 0.381. The van der Waals surface area contributed by atoms with Crippen LogP contribution in [0.25, 0.3) is 11.4 Å². The number of carbonyl (C=O) groups is 1. The molecule has 1 aliphatic rings. The Kier molecular flexibility index (Phi) is 6.22. The SMILES string of the molecule is CCc1ccccc1NC(=O)[C@H]1CCCN(S(=O)(=O)c2cc(-c3noc(C)n3)cs2)C1. The molecular formula is C21H24N4O4S2. The fourth-order valence-electron chi connectivity index (χ4n) is 3.67. The van der Waals surface area contributed by atoms with E-state index in [1.165, 1.54) is 4.31 Å². The molecule has 0 aliphatic carbocycles. The van der Waals surface area contributed by atoms with Crippen LogP contribution in [-0.4, -0.2) is 41.9 Å². The molecule has 1 aliphatic heterocycles. The fourth-order valence-corrected chi connectivity index (χ4v) is 6.51. The minimum Gasteiger partial charge on any atom is -0.339 e. The van der Waals surface area contributed by atoms with Crippen LogP contribution in [0.15, 0.2) is 44.4 Å². The number of hydrogen-bond donors (Lipinski definition) is 1. The van der Waals surface area contributed by atoms with Gasteiger partial charge >= 0.3 is 0 Å². The largest absolute Gasteiger partial charge is 0.339 e. The van der Waals surface area contributed by atoms with E-state index in [9.17, 15) is 13.2 Å². The molecule has 3 heterocycles. The number of carbonyl (C=O) groups excluding carboxylic acids is 1. The summed E-state index contributed by atoms with van der Waals surface area (Å²) in [5, 5.41) is 8.53. The predicted molar refractivity (Wildman–Crippen MR) is 118 cm³/mol. The molecule has 1 amide bonds. The van der Waals surface area contributed by atoms with E-state index in [1.54, 1.807) is 18.4 Å². The van der Waals surface area contributed by atoms with Gasteiger partial charge in [-0.15, -0.1) is 11.3 Å². The molecule has 1 fully saturated rings. The van der Waals surface area contributed by atoms with Crippen molar-refractivity contribution in [2.45, 2.75) is 37.3 Å². The summed E-state index contributed by atoms with van der Waals surface area (Å²) < 4.78 is 33.0. The number of sulfonamides is 1. The zero-order chi connectivity index (χ0) is 22.0. The molecule has 1 atom stereocenters. The average Bonchev–Trinajstić information content (AvgIpc) is 3.44. The number of piperidine rings is 1. The van der Waals surface area contributed by atoms with E-state index in [4.69, 9.17) is 4.52 Å². The van der Waals surface area contributed by atoms with E-state index in [1.807, 2.05) is 31.2 Å². The zero-order valence-corrected chi connectivity index (χ0v) is 19.0. The maximum atomic E-state index is 13.2. The molecule has 0 saturated carbocycles. The van der Waals surface area contributed by atoms with Crippen LogP contribution in [0.2, 0.25) is 0 Å². The number of thiophene rings is 1. The van der Waals surface area contributed by atoms with Crippen molar-refractivity contribution in [3.63, 3.8) is 0 Å². The second-order valence-corrected chi connectivity index (χ2v) is 10.6. The monoisotopic (exact) mass is 460 g/mol. The van der Waals surface area contributed by atoms with Gasteiger partial charge in [-0.25, -0.2) is 8.42 Å². The highest BCUT2D eigenvalue weighted by atomic mass is 32.2. The molecule has 0 bridgehead atoms. The van der Waals surface area contributed by atoms with Crippen LogP contribution in [0.5, 0.6) is 0 Å². The number of aryl methyl sites for hydroxylation is 2. The molecule has 2 aromatic heterocycles. The second kappa shape index (κ2) is 8.89. The van der Waals surface area contributed by atoms with Gasteiger partial charge in [0.25, 0.3) is 10.0 Å². The van der Waals surface area contributed by atoms with Crippen LogP contribution < -0.4 is 5.32 Å². The highest BCUT2D eigenvalue weighted by Gasteiger charge is 2.34. The number of amides is 1.